The molecule has 16 heteroatoms. The maximum absolute atomic E-state index is 14.2. The standard InChI is InChI=1S/C44H58FN5O9Si/c1-25(2)39(49-43(54)55)41(52)46-29(9)40(51)47-34-17-11-30(12-18-34)24-58-44(56)48-36-22-38(59-60(26(3)4,27(5)6)28(7)8)37(57-10)21-35(36)42(53)50-20-19-32(23-50)31-13-15-33(45)16-14-31/h11-18,21-23,25-29,39,49H,19-20,24H2,1-10H3,(H,46,52)(H,47,51)(H,48,56)(H,54,55)/t29-,39-/m0/s1. The highest BCUT2D eigenvalue weighted by Crippen LogP contribution is 2.46. The van der Waals surface area contributed by atoms with E-state index in [0.717, 1.165) is 11.1 Å². The minimum absolute atomic E-state index is 0.150. The molecule has 324 valence electrons. The lowest BCUT2D eigenvalue weighted by molar-refractivity contribution is -0.128. The van der Waals surface area contributed by atoms with Crippen molar-refractivity contribution >= 4 is 55.2 Å². The number of methoxy groups -OCH3 is 1. The van der Waals surface area contributed by atoms with Crippen molar-refractivity contribution < 1.29 is 47.4 Å². The Morgan fingerprint density at radius 3 is 1.97 bits per heavy atom. The van der Waals surface area contributed by atoms with Crippen molar-refractivity contribution in [3.63, 3.8) is 0 Å². The van der Waals surface area contributed by atoms with E-state index in [0.29, 0.717) is 35.7 Å². The Morgan fingerprint density at radius 1 is 0.800 bits per heavy atom. The third-order valence-electron chi connectivity index (χ3n) is 10.7. The summed E-state index contributed by atoms with van der Waals surface area (Å²) in [6.07, 6.45) is 0.102. The average Bonchev–Trinajstić information content (AvgIpc) is 3.68. The number of nitrogens with one attached hydrogen (secondary N) is 4. The van der Waals surface area contributed by atoms with E-state index in [2.05, 4.69) is 62.8 Å². The minimum atomic E-state index is -2.52. The van der Waals surface area contributed by atoms with E-state index in [1.165, 1.54) is 26.2 Å². The molecule has 3 aromatic rings. The van der Waals surface area contributed by atoms with Crippen LogP contribution >= 0.6 is 0 Å². The summed E-state index contributed by atoms with van der Waals surface area (Å²) >= 11 is 0. The number of benzene rings is 3. The van der Waals surface area contributed by atoms with Crippen LogP contribution < -0.4 is 30.4 Å². The van der Waals surface area contributed by atoms with Gasteiger partial charge in [-0.25, -0.2) is 14.0 Å². The Hall–Kier alpha value is -5.90. The summed E-state index contributed by atoms with van der Waals surface area (Å²) in [4.78, 5) is 65.8. The Kier molecular flexibility index (Phi) is 15.9. The van der Waals surface area contributed by atoms with E-state index in [4.69, 9.17) is 19.0 Å². The van der Waals surface area contributed by atoms with Gasteiger partial charge >= 0.3 is 12.2 Å². The van der Waals surface area contributed by atoms with Gasteiger partial charge < -0.3 is 39.9 Å². The third kappa shape index (κ3) is 11.4. The first-order chi connectivity index (χ1) is 28.3. The highest BCUT2D eigenvalue weighted by molar-refractivity contribution is 6.78. The first-order valence-corrected chi connectivity index (χ1v) is 22.2. The first-order valence-electron chi connectivity index (χ1n) is 20.1. The summed E-state index contributed by atoms with van der Waals surface area (Å²) in [6.45, 7) is 18.0. The van der Waals surface area contributed by atoms with E-state index in [1.807, 2.05) is 0 Å². The van der Waals surface area contributed by atoms with Crippen LogP contribution in [0.15, 0.2) is 66.9 Å². The topological polar surface area (TPSA) is 185 Å². The largest absolute Gasteiger partial charge is 0.540 e. The molecule has 1 aliphatic heterocycles. The molecule has 0 aromatic heterocycles. The molecule has 0 fully saturated rings. The number of hydrogen-bond donors (Lipinski definition) is 5. The monoisotopic (exact) mass is 847 g/mol. The Morgan fingerprint density at radius 2 is 1.42 bits per heavy atom. The normalized spacial score (nSPS) is 13.8. The van der Waals surface area contributed by atoms with Crippen molar-refractivity contribution in [1.29, 1.82) is 0 Å². The van der Waals surface area contributed by atoms with E-state index in [-0.39, 0.29) is 46.2 Å². The van der Waals surface area contributed by atoms with E-state index in [9.17, 15) is 28.4 Å². The van der Waals surface area contributed by atoms with Gasteiger partial charge in [-0.1, -0.05) is 79.7 Å². The van der Waals surface area contributed by atoms with Crippen LogP contribution in [0.1, 0.15) is 90.2 Å². The maximum Gasteiger partial charge on any atom is 0.411 e. The van der Waals surface area contributed by atoms with E-state index in [1.54, 1.807) is 73.5 Å². The molecule has 0 aliphatic carbocycles. The smallest absolute Gasteiger partial charge is 0.411 e. The summed E-state index contributed by atoms with van der Waals surface area (Å²) in [6, 6.07) is 13.8. The molecular weight excluding hydrogens is 790 g/mol. The lowest BCUT2D eigenvalue weighted by Crippen LogP contribution is -2.53. The van der Waals surface area contributed by atoms with Crippen LogP contribution in [0.5, 0.6) is 11.5 Å². The van der Waals surface area contributed by atoms with Crippen molar-refractivity contribution in [3.05, 3.63) is 89.4 Å². The summed E-state index contributed by atoms with van der Waals surface area (Å²) < 4.78 is 32.0. The number of carboxylic acid groups (broad SMARTS) is 1. The molecule has 0 spiro atoms. The van der Waals surface area contributed by atoms with Gasteiger partial charge in [0.1, 0.15) is 30.3 Å². The van der Waals surface area contributed by atoms with Crippen LogP contribution in [0.2, 0.25) is 16.6 Å². The number of carbonyl (C=O) groups excluding carboxylic acids is 4. The SMILES string of the molecule is COc1cc(C(=O)N2C=C(c3ccc(F)cc3)CC2)c(NC(=O)OCc2ccc(NC(=O)[C@H](C)NC(=O)[C@@H](NC(=O)O)C(C)C)cc2)cc1O[Si](C(C)C)(C(C)C)C(C)C. The third-order valence-corrected chi connectivity index (χ3v) is 16.7. The number of halogens is 1. The van der Waals surface area contributed by atoms with E-state index < -0.39 is 50.3 Å². The quantitative estimate of drug-likeness (QED) is 0.0829. The van der Waals surface area contributed by atoms with Crippen LogP contribution in [-0.4, -0.2) is 74.0 Å². The zero-order valence-electron chi connectivity index (χ0n) is 36.0. The number of hydrogen-bond acceptors (Lipinski definition) is 8. The molecule has 5 amide bonds. The minimum Gasteiger partial charge on any atom is -0.540 e. The zero-order valence-corrected chi connectivity index (χ0v) is 37.0. The zero-order chi connectivity index (χ0) is 44.5. The molecule has 0 saturated heterocycles. The summed E-state index contributed by atoms with van der Waals surface area (Å²) in [7, 11) is -1.02. The molecule has 4 rings (SSSR count). The number of carbonyl (C=O) groups is 5. The second-order valence-corrected chi connectivity index (χ2v) is 21.5. The molecular formula is C44H58FN5O9Si. The lowest BCUT2D eigenvalue weighted by Gasteiger charge is -2.42. The van der Waals surface area contributed by atoms with Crippen LogP contribution in [0.25, 0.3) is 5.57 Å². The predicted octanol–water partition coefficient (Wildman–Crippen LogP) is 8.76. The van der Waals surface area contributed by atoms with Gasteiger partial charge in [-0.05, 0) is 82.9 Å². The van der Waals surface area contributed by atoms with Crippen molar-refractivity contribution in [2.75, 3.05) is 24.3 Å². The second kappa shape index (κ2) is 20.4. The molecule has 1 aliphatic rings. The maximum atomic E-state index is 14.2. The van der Waals surface area contributed by atoms with Crippen LogP contribution in [0.3, 0.4) is 0 Å². The lowest BCUT2D eigenvalue weighted by atomic mass is 10.0. The van der Waals surface area contributed by atoms with Crippen molar-refractivity contribution in [1.82, 2.24) is 15.5 Å². The fourth-order valence-corrected chi connectivity index (χ4v) is 12.9. The number of rotatable bonds is 17. The molecule has 2 atom stereocenters. The van der Waals surface area contributed by atoms with Gasteiger partial charge in [-0.15, -0.1) is 0 Å². The number of anilines is 2. The number of ether oxygens (including phenoxy) is 2. The van der Waals surface area contributed by atoms with E-state index >= 15 is 0 Å². The van der Waals surface area contributed by atoms with Gasteiger partial charge in [0, 0.05) is 24.5 Å². The summed E-state index contributed by atoms with van der Waals surface area (Å²) in [5.41, 5.74) is 3.65. The molecule has 60 heavy (non-hydrogen) atoms. The van der Waals surface area contributed by atoms with Crippen LogP contribution in [0, 0.1) is 11.7 Å². The summed E-state index contributed by atoms with van der Waals surface area (Å²) in [5, 5.41) is 19.2. The fraction of sp³-hybridized carbons (Fsp3) is 0.432. The predicted molar refractivity (Wildman–Crippen MR) is 231 cm³/mol. The van der Waals surface area contributed by atoms with Gasteiger partial charge in [-0.3, -0.25) is 19.7 Å². The molecule has 3 aromatic carbocycles. The summed E-state index contributed by atoms with van der Waals surface area (Å²) in [5.74, 6) is -1.50. The first kappa shape index (κ1) is 46.8. The number of nitrogens with zero attached hydrogens (tertiary/aromatic N) is 1. The van der Waals surface area contributed by atoms with Crippen molar-refractivity contribution in [2.45, 2.75) is 104 Å². The molecule has 0 bridgehead atoms. The molecule has 0 unspecified atom stereocenters. The molecule has 0 radical (unpaired) electrons. The highest BCUT2D eigenvalue weighted by Gasteiger charge is 2.47. The molecule has 1 heterocycles. The van der Waals surface area contributed by atoms with Crippen molar-refractivity contribution in [3.8, 4) is 11.5 Å². The van der Waals surface area contributed by atoms with Crippen LogP contribution in [0.4, 0.5) is 25.4 Å². The Bertz CT molecular complexity index is 2030. The Balaban J connectivity index is 1.53. The fourth-order valence-electron chi connectivity index (χ4n) is 7.65. The van der Waals surface area contributed by atoms with Gasteiger partial charge in [0.2, 0.25) is 11.8 Å². The molecule has 14 nitrogen and oxygen atoms in total. The second-order valence-electron chi connectivity index (χ2n) is 16.2. The Labute approximate surface area is 352 Å². The van der Waals surface area contributed by atoms with Crippen molar-refractivity contribution in [2.24, 2.45) is 5.92 Å². The van der Waals surface area contributed by atoms with Gasteiger partial charge in [-0.2, -0.15) is 0 Å². The van der Waals surface area contributed by atoms with Gasteiger partial charge in [0.25, 0.3) is 14.2 Å². The van der Waals surface area contributed by atoms with Gasteiger partial charge in [0.15, 0.2) is 5.75 Å². The number of amides is 5. The van der Waals surface area contributed by atoms with Gasteiger partial charge in [0.05, 0.1) is 18.4 Å². The molecule has 0 saturated carbocycles. The van der Waals surface area contributed by atoms with Crippen LogP contribution in [-0.2, 0) is 20.9 Å². The average molecular weight is 848 g/mol. The highest BCUT2D eigenvalue weighted by atomic mass is 28.4. The molecule has 5 N–H and O–H groups in total.